The molecule has 13 heavy (non-hydrogen) atoms. The van der Waals surface area contributed by atoms with Gasteiger partial charge in [-0.25, -0.2) is 4.98 Å². The molecule has 2 nitrogen and oxygen atoms in total. The number of alkyl halides is 1. The molecule has 0 amide bonds. The number of hydrogen-bond donors (Lipinski definition) is 0. The molecule has 2 heterocycles. The van der Waals surface area contributed by atoms with E-state index in [-0.39, 0.29) is 0 Å². The Morgan fingerprint density at radius 3 is 3.15 bits per heavy atom. The molecule has 0 radical (unpaired) electrons. The van der Waals surface area contributed by atoms with Gasteiger partial charge in [0.25, 0.3) is 0 Å². The Balaban J connectivity index is 2.03. The Hall–Kier alpha value is -0.280. The van der Waals surface area contributed by atoms with Crippen molar-refractivity contribution in [1.82, 2.24) is 4.98 Å². The molecule has 4 heteroatoms. The van der Waals surface area contributed by atoms with E-state index in [4.69, 9.17) is 11.6 Å². The van der Waals surface area contributed by atoms with Crippen molar-refractivity contribution in [2.24, 2.45) is 5.92 Å². The normalized spacial score (nSPS) is 22.6. The van der Waals surface area contributed by atoms with Gasteiger partial charge in [-0.1, -0.05) is 0 Å². The summed E-state index contributed by atoms with van der Waals surface area (Å²) in [6.07, 6.45) is 1.21. The smallest absolute Gasteiger partial charge is 0.185 e. The van der Waals surface area contributed by atoms with Gasteiger partial charge in [0.2, 0.25) is 0 Å². The lowest BCUT2D eigenvalue weighted by molar-refractivity contribution is 0.667. The molecule has 0 bridgehead atoms. The highest BCUT2D eigenvalue weighted by Crippen LogP contribution is 2.27. The highest BCUT2D eigenvalue weighted by Gasteiger charge is 2.23. The molecule has 1 atom stereocenters. The molecule has 2 rings (SSSR count). The lowest BCUT2D eigenvalue weighted by Crippen LogP contribution is -2.19. The van der Waals surface area contributed by atoms with E-state index in [1.165, 1.54) is 6.42 Å². The van der Waals surface area contributed by atoms with Crippen LogP contribution in [0.3, 0.4) is 0 Å². The number of hydrogen-bond acceptors (Lipinski definition) is 3. The average molecular weight is 217 g/mol. The zero-order chi connectivity index (χ0) is 9.26. The SMILES string of the molecule is Cc1csc(N2CCC(CCl)C2)n1. The highest BCUT2D eigenvalue weighted by molar-refractivity contribution is 7.13. The van der Waals surface area contributed by atoms with Gasteiger partial charge in [-0.05, 0) is 19.3 Å². The van der Waals surface area contributed by atoms with Crippen molar-refractivity contribution < 1.29 is 0 Å². The Kier molecular flexibility index (Phi) is 2.74. The maximum Gasteiger partial charge on any atom is 0.185 e. The molecule has 72 valence electrons. The van der Waals surface area contributed by atoms with E-state index in [9.17, 15) is 0 Å². The third-order valence-corrected chi connectivity index (χ3v) is 3.84. The second-order valence-electron chi connectivity index (χ2n) is 3.53. The molecule has 1 aromatic heterocycles. The molecule has 1 saturated heterocycles. The molecule has 1 unspecified atom stereocenters. The molecule has 0 saturated carbocycles. The largest absolute Gasteiger partial charge is 0.348 e. The van der Waals surface area contributed by atoms with E-state index < -0.39 is 0 Å². The van der Waals surface area contributed by atoms with E-state index in [1.807, 2.05) is 6.92 Å². The molecule has 1 aliphatic rings. The summed E-state index contributed by atoms with van der Waals surface area (Å²) in [6, 6.07) is 0. The van der Waals surface area contributed by atoms with Crippen molar-refractivity contribution >= 4 is 28.1 Å². The molecular formula is C9H13ClN2S. The van der Waals surface area contributed by atoms with Crippen LogP contribution in [-0.4, -0.2) is 24.0 Å². The first-order valence-electron chi connectivity index (χ1n) is 4.52. The number of halogens is 1. The van der Waals surface area contributed by atoms with Crippen LogP contribution in [-0.2, 0) is 0 Å². The van der Waals surface area contributed by atoms with Crippen molar-refractivity contribution in [3.05, 3.63) is 11.1 Å². The fourth-order valence-electron chi connectivity index (χ4n) is 1.62. The van der Waals surface area contributed by atoms with E-state index in [0.717, 1.165) is 29.8 Å². The Bertz CT molecular complexity index is 287. The van der Waals surface area contributed by atoms with Gasteiger partial charge >= 0.3 is 0 Å². The van der Waals surface area contributed by atoms with Crippen LogP contribution in [0.5, 0.6) is 0 Å². The minimum atomic E-state index is 0.658. The first-order valence-corrected chi connectivity index (χ1v) is 5.94. The second kappa shape index (κ2) is 3.84. The molecule has 1 aromatic rings. The highest BCUT2D eigenvalue weighted by atomic mass is 35.5. The third-order valence-electron chi connectivity index (χ3n) is 2.38. The summed E-state index contributed by atoms with van der Waals surface area (Å²) in [5.74, 6) is 1.44. The molecule has 1 aliphatic heterocycles. The number of thiazole rings is 1. The van der Waals surface area contributed by atoms with Crippen molar-refractivity contribution in [2.45, 2.75) is 13.3 Å². The van der Waals surface area contributed by atoms with Crippen molar-refractivity contribution in [1.29, 1.82) is 0 Å². The predicted molar refractivity (Wildman–Crippen MR) is 57.9 cm³/mol. The summed E-state index contributed by atoms with van der Waals surface area (Å²) in [4.78, 5) is 6.80. The van der Waals surface area contributed by atoms with Gasteiger partial charge in [0.15, 0.2) is 5.13 Å². The number of aryl methyl sites for hydroxylation is 1. The summed E-state index contributed by atoms with van der Waals surface area (Å²) >= 11 is 7.55. The Morgan fingerprint density at radius 2 is 2.62 bits per heavy atom. The van der Waals surface area contributed by atoms with Crippen molar-refractivity contribution in [3.63, 3.8) is 0 Å². The number of aromatic nitrogens is 1. The van der Waals surface area contributed by atoms with Crippen LogP contribution in [0.4, 0.5) is 5.13 Å². The summed E-state index contributed by atoms with van der Waals surface area (Å²) in [5.41, 5.74) is 1.12. The number of anilines is 1. The monoisotopic (exact) mass is 216 g/mol. The number of rotatable bonds is 2. The van der Waals surface area contributed by atoms with E-state index in [2.05, 4.69) is 15.3 Å². The van der Waals surface area contributed by atoms with Crippen molar-refractivity contribution in [2.75, 3.05) is 23.9 Å². The lowest BCUT2D eigenvalue weighted by atomic mass is 10.2. The van der Waals surface area contributed by atoms with Crippen LogP contribution in [0.1, 0.15) is 12.1 Å². The van der Waals surface area contributed by atoms with E-state index >= 15 is 0 Å². The van der Waals surface area contributed by atoms with Gasteiger partial charge in [0.1, 0.15) is 0 Å². The van der Waals surface area contributed by atoms with Gasteiger partial charge in [-0.2, -0.15) is 0 Å². The van der Waals surface area contributed by atoms with E-state index in [0.29, 0.717) is 5.92 Å². The molecular weight excluding hydrogens is 204 g/mol. The second-order valence-corrected chi connectivity index (χ2v) is 4.67. The van der Waals surface area contributed by atoms with Gasteiger partial charge in [-0.15, -0.1) is 22.9 Å². The zero-order valence-electron chi connectivity index (χ0n) is 7.66. The van der Waals surface area contributed by atoms with Gasteiger partial charge in [0.05, 0.1) is 5.69 Å². The van der Waals surface area contributed by atoms with Crippen LogP contribution in [0.25, 0.3) is 0 Å². The Labute approximate surface area is 87.5 Å². The predicted octanol–water partition coefficient (Wildman–Crippen LogP) is 2.52. The van der Waals surface area contributed by atoms with Crippen LogP contribution in [0.15, 0.2) is 5.38 Å². The first kappa shape index (κ1) is 9.28. The molecule has 1 fully saturated rings. The maximum absolute atomic E-state index is 5.82. The van der Waals surface area contributed by atoms with Crippen LogP contribution in [0.2, 0.25) is 0 Å². The van der Waals surface area contributed by atoms with E-state index in [1.54, 1.807) is 11.3 Å². The van der Waals surface area contributed by atoms with Gasteiger partial charge < -0.3 is 4.90 Å². The molecule has 0 spiro atoms. The first-order chi connectivity index (χ1) is 6.29. The minimum absolute atomic E-state index is 0.658. The number of nitrogens with zero attached hydrogens (tertiary/aromatic N) is 2. The average Bonchev–Trinajstić information content (AvgIpc) is 2.71. The zero-order valence-corrected chi connectivity index (χ0v) is 9.24. The quantitative estimate of drug-likeness (QED) is 0.707. The summed E-state index contributed by atoms with van der Waals surface area (Å²) in [5, 5.41) is 3.26. The lowest BCUT2D eigenvalue weighted by Gasteiger charge is -2.13. The standard InChI is InChI=1S/C9H13ClN2S/c1-7-6-13-9(11-7)12-3-2-8(4-10)5-12/h6,8H,2-5H2,1H3. The Morgan fingerprint density at radius 1 is 1.77 bits per heavy atom. The molecule has 0 aliphatic carbocycles. The fraction of sp³-hybridized carbons (Fsp3) is 0.667. The van der Waals surface area contributed by atoms with Crippen LogP contribution >= 0.6 is 22.9 Å². The summed E-state index contributed by atoms with van der Waals surface area (Å²) in [7, 11) is 0. The van der Waals surface area contributed by atoms with Gasteiger partial charge in [0, 0.05) is 24.3 Å². The topological polar surface area (TPSA) is 16.1 Å². The fourth-order valence-corrected chi connectivity index (χ4v) is 2.71. The minimum Gasteiger partial charge on any atom is -0.348 e. The van der Waals surface area contributed by atoms with Gasteiger partial charge in [-0.3, -0.25) is 0 Å². The maximum atomic E-state index is 5.82. The van der Waals surface area contributed by atoms with Crippen LogP contribution in [0, 0.1) is 12.8 Å². The molecule has 0 aromatic carbocycles. The summed E-state index contributed by atoms with van der Waals surface area (Å²) < 4.78 is 0. The van der Waals surface area contributed by atoms with Crippen LogP contribution < -0.4 is 4.90 Å². The summed E-state index contributed by atoms with van der Waals surface area (Å²) in [6.45, 7) is 4.23. The molecule has 0 N–H and O–H groups in total. The third kappa shape index (κ3) is 1.97. The van der Waals surface area contributed by atoms with Crippen molar-refractivity contribution in [3.8, 4) is 0 Å².